The summed E-state index contributed by atoms with van der Waals surface area (Å²) < 4.78 is 16.5. The van der Waals surface area contributed by atoms with Crippen molar-refractivity contribution in [2.45, 2.75) is 0 Å². The van der Waals surface area contributed by atoms with Gasteiger partial charge in [-0.2, -0.15) is 0 Å². The van der Waals surface area contributed by atoms with E-state index in [0.717, 1.165) is 20.8 Å². The zero-order chi connectivity index (χ0) is 8.55. The number of halogens is 1. The van der Waals surface area contributed by atoms with Gasteiger partial charge < -0.3 is 14.2 Å². The molecule has 0 fully saturated rings. The molecule has 0 amide bonds. The Morgan fingerprint density at radius 3 is 3.00 bits per heavy atom. The predicted molar refractivity (Wildman–Crippen MR) is 51.8 cm³/mol. The van der Waals surface area contributed by atoms with Crippen LogP contribution in [0.25, 0.3) is 0 Å². The number of hydrogen-bond acceptors (Lipinski definition) is 3. The zero-order valence-corrected chi connectivity index (χ0v) is 8.62. The van der Waals surface area contributed by atoms with Crippen molar-refractivity contribution < 1.29 is 14.2 Å². The second-order valence-electron chi connectivity index (χ2n) is 2.32. The topological polar surface area (TPSA) is 27.7 Å². The molecular weight excluding hydrogens is 271 g/mol. The van der Waals surface area contributed by atoms with Gasteiger partial charge in [0.15, 0.2) is 11.5 Å². The Morgan fingerprint density at radius 2 is 2.25 bits per heavy atom. The van der Waals surface area contributed by atoms with Gasteiger partial charge in [0.05, 0.1) is 7.11 Å². The number of fused-ring (bicyclic) bond motifs is 1. The SMILES string of the molecule is COc1ccc2c(c1I)OCO2. The van der Waals surface area contributed by atoms with Gasteiger partial charge in [0, 0.05) is 0 Å². The smallest absolute Gasteiger partial charge is 0.231 e. The summed E-state index contributed by atoms with van der Waals surface area (Å²) in [7, 11) is 1.64. The van der Waals surface area contributed by atoms with Crippen molar-refractivity contribution in [3.05, 3.63) is 15.7 Å². The van der Waals surface area contributed by atoms with Crippen LogP contribution in [0.3, 0.4) is 0 Å². The lowest BCUT2D eigenvalue weighted by molar-refractivity contribution is 0.173. The summed E-state index contributed by atoms with van der Waals surface area (Å²) in [6.07, 6.45) is 0. The van der Waals surface area contributed by atoms with Gasteiger partial charge in [0.1, 0.15) is 9.32 Å². The summed E-state index contributed by atoms with van der Waals surface area (Å²) in [4.78, 5) is 0. The lowest BCUT2D eigenvalue weighted by atomic mass is 10.3. The number of benzene rings is 1. The van der Waals surface area contributed by atoms with Crippen molar-refractivity contribution in [1.29, 1.82) is 0 Å². The molecule has 0 aliphatic carbocycles. The maximum atomic E-state index is 5.26. The van der Waals surface area contributed by atoms with Crippen molar-refractivity contribution in [2.24, 2.45) is 0 Å². The van der Waals surface area contributed by atoms with Gasteiger partial charge in [-0.15, -0.1) is 0 Å². The summed E-state index contributed by atoms with van der Waals surface area (Å²) in [5.41, 5.74) is 0. The Labute approximate surface area is 83.8 Å². The average molecular weight is 278 g/mol. The second-order valence-corrected chi connectivity index (χ2v) is 3.39. The van der Waals surface area contributed by atoms with E-state index in [-0.39, 0.29) is 0 Å². The maximum Gasteiger partial charge on any atom is 0.231 e. The third-order valence-electron chi connectivity index (χ3n) is 1.66. The summed E-state index contributed by atoms with van der Waals surface area (Å²) in [6, 6.07) is 3.72. The van der Waals surface area contributed by atoms with Crippen molar-refractivity contribution in [1.82, 2.24) is 0 Å². The molecule has 2 rings (SSSR count). The molecule has 0 N–H and O–H groups in total. The van der Waals surface area contributed by atoms with Crippen LogP contribution in [0.1, 0.15) is 0 Å². The molecule has 12 heavy (non-hydrogen) atoms. The monoisotopic (exact) mass is 278 g/mol. The number of methoxy groups -OCH3 is 1. The highest BCUT2D eigenvalue weighted by Crippen LogP contribution is 2.41. The van der Waals surface area contributed by atoms with Gasteiger partial charge in [-0.05, 0) is 34.7 Å². The number of hydrogen-bond donors (Lipinski definition) is 0. The number of ether oxygens (including phenoxy) is 3. The molecule has 0 unspecified atom stereocenters. The minimum Gasteiger partial charge on any atom is -0.496 e. The summed E-state index contributed by atoms with van der Waals surface area (Å²) in [5.74, 6) is 2.40. The lowest BCUT2D eigenvalue weighted by Crippen LogP contribution is -1.93. The first-order chi connectivity index (χ1) is 5.83. The Bertz CT molecular complexity index is 311. The van der Waals surface area contributed by atoms with Gasteiger partial charge >= 0.3 is 0 Å². The minimum atomic E-state index is 0.304. The first-order valence-corrected chi connectivity index (χ1v) is 4.53. The molecule has 1 heterocycles. The largest absolute Gasteiger partial charge is 0.496 e. The van der Waals surface area contributed by atoms with E-state index in [4.69, 9.17) is 14.2 Å². The van der Waals surface area contributed by atoms with Gasteiger partial charge in [0.2, 0.25) is 6.79 Å². The summed E-state index contributed by atoms with van der Waals surface area (Å²) in [5, 5.41) is 0. The molecule has 0 spiro atoms. The van der Waals surface area contributed by atoms with Crippen molar-refractivity contribution >= 4 is 22.6 Å². The molecule has 1 aliphatic rings. The minimum absolute atomic E-state index is 0.304. The molecule has 1 aromatic carbocycles. The molecule has 4 heteroatoms. The first kappa shape index (κ1) is 7.97. The Hall–Kier alpha value is -0.650. The fourth-order valence-electron chi connectivity index (χ4n) is 1.08. The highest BCUT2D eigenvalue weighted by molar-refractivity contribution is 14.1. The summed E-state index contributed by atoms with van der Waals surface area (Å²) in [6.45, 7) is 0.304. The van der Waals surface area contributed by atoms with E-state index in [1.165, 1.54) is 0 Å². The molecule has 3 nitrogen and oxygen atoms in total. The molecule has 0 saturated carbocycles. The Morgan fingerprint density at radius 1 is 1.42 bits per heavy atom. The van der Waals surface area contributed by atoms with Gasteiger partial charge in [-0.3, -0.25) is 0 Å². The molecular formula is C8H7IO3. The molecule has 1 aliphatic heterocycles. The van der Waals surface area contributed by atoms with Gasteiger partial charge in [0.25, 0.3) is 0 Å². The third kappa shape index (κ3) is 1.10. The average Bonchev–Trinajstić information content (AvgIpc) is 2.53. The molecule has 0 saturated heterocycles. The van der Waals surface area contributed by atoms with E-state index in [1.807, 2.05) is 12.1 Å². The lowest BCUT2D eigenvalue weighted by Gasteiger charge is -2.04. The van der Waals surface area contributed by atoms with Crippen molar-refractivity contribution in [2.75, 3.05) is 13.9 Å². The van der Waals surface area contributed by atoms with Crippen LogP contribution in [0.2, 0.25) is 0 Å². The first-order valence-electron chi connectivity index (χ1n) is 3.45. The van der Waals surface area contributed by atoms with Crippen LogP contribution in [0, 0.1) is 3.57 Å². The van der Waals surface area contributed by atoms with Crippen molar-refractivity contribution in [3.63, 3.8) is 0 Å². The van der Waals surface area contributed by atoms with Crippen LogP contribution >= 0.6 is 22.6 Å². The molecule has 64 valence electrons. The standard InChI is InChI=1S/C8H7IO3/c1-10-5-2-3-6-8(7(5)9)12-4-11-6/h2-3H,4H2,1H3. The molecule has 0 atom stereocenters. The van der Waals surface area contributed by atoms with E-state index in [0.29, 0.717) is 6.79 Å². The van der Waals surface area contributed by atoms with Gasteiger partial charge in [-0.1, -0.05) is 0 Å². The quantitative estimate of drug-likeness (QED) is 0.736. The summed E-state index contributed by atoms with van der Waals surface area (Å²) >= 11 is 2.18. The predicted octanol–water partition coefficient (Wildman–Crippen LogP) is 2.03. The Kier molecular flexibility index (Phi) is 2.00. The highest BCUT2D eigenvalue weighted by atomic mass is 127. The van der Waals surface area contributed by atoms with Crippen LogP contribution in [-0.4, -0.2) is 13.9 Å². The van der Waals surface area contributed by atoms with E-state index >= 15 is 0 Å². The molecule has 0 aromatic heterocycles. The molecule has 0 radical (unpaired) electrons. The maximum absolute atomic E-state index is 5.26. The highest BCUT2D eigenvalue weighted by Gasteiger charge is 2.19. The third-order valence-corrected chi connectivity index (χ3v) is 2.68. The van der Waals surface area contributed by atoms with E-state index in [9.17, 15) is 0 Å². The van der Waals surface area contributed by atoms with E-state index < -0.39 is 0 Å². The van der Waals surface area contributed by atoms with Crippen LogP contribution in [-0.2, 0) is 0 Å². The second kappa shape index (κ2) is 3.01. The van der Waals surface area contributed by atoms with Crippen LogP contribution in [0.5, 0.6) is 17.2 Å². The van der Waals surface area contributed by atoms with Crippen LogP contribution in [0.4, 0.5) is 0 Å². The van der Waals surface area contributed by atoms with E-state index in [2.05, 4.69) is 22.6 Å². The normalized spacial score (nSPS) is 13.2. The van der Waals surface area contributed by atoms with Gasteiger partial charge in [-0.25, -0.2) is 0 Å². The molecule has 0 bridgehead atoms. The Balaban J connectivity index is 2.54. The van der Waals surface area contributed by atoms with Crippen molar-refractivity contribution in [3.8, 4) is 17.2 Å². The fourth-order valence-corrected chi connectivity index (χ4v) is 1.90. The number of rotatable bonds is 1. The fraction of sp³-hybridized carbons (Fsp3) is 0.250. The van der Waals surface area contributed by atoms with Crippen LogP contribution < -0.4 is 14.2 Å². The zero-order valence-electron chi connectivity index (χ0n) is 6.46. The van der Waals surface area contributed by atoms with E-state index in [1.54, 1.807) is 7.11 Å². The van der Waals surface area contributed by atoms with Crippen LogP contribution in [0.15, 0.2) is 12.1 Å². The molecule has 1 aromatic rings.